The largest absolute Gasteiger partial charge is 0.465 e. The van der Waals surface area contributed by atoms with Crippen LogP contribution in [-0.2, 0) is 23.8 Å². The molecule has 56 heavy (non-hydrogen) atoms. The Kier molecular flexibility index (Phi) is 13.5. The van der Waals surface area contributed by atoms with Crippen LogP contribution in [0.1, 0.15) is 64.3 Å². The van der Waals surface area contributed by atoms with Crippen molar-refractivity contribution >= 4 is 24.0 Å². The highest BCUT2D eigenvalue weighted by atomic mass is 16.5. The number of imidazole rings is 2. The van der Waals surface area contributed by atoms with Crippen molar-refractivity contribution in [1.29, 1.82) is 0 Å². The molecule has 1 aliphatic rings. The number of methoxy groups -OCH3 is 3. The number of nitrogens with one attached hydrogen (secondary N) is 4. The van der Waals surface area contributed by atoms with Gasteiger partial charge in [0, 0.05) is 51.3 Å². The van der Waals surface area contributed by atoms with E-state index in [9.17, 15) is 24.3 Å². The summed E-state index contributed by atoms with van der Waals surface area (Å²) in [5.74, 6) is 0.468. The third-order valence-corrected chi connectivity index (χ3v) is 10.4. The molecular formula is C40H52N8O8. The van der Waals surface area contributed by atoms with E-state index in [4.69, 9.17) is 24.2 Å². The SMILES string of the molecule is COC(=O)N[C@H](C(=O)N[C@H](c1nc(-c2ccc(-c3ccc(-c4c[nH]c([C@@H]5CCCN5C(=O)[C@H]([C@@H](C)OC)N(C)C(=O)O)n4)cc3)cc2)c[nH]1)C(C)C)[C@@H](C)OC. The van der Waals surface area contributed by atoms with Crippen LogP contribution in [0.4, 0.5) is 9.59 Å². The molecule has 0 bridgehead atoms. The van der Waals surface area contributed by atoms with E-state index in [1.807, 2.05) is 68.6 Å². The van der Waals surface area contributed by atoms with Crippen molar-refractivity contribution in [3.05, 3.63) is 72.6 Å². The van der Waals surface area contributed by atoms with E-state index in [2.05, 4.69) is 20.6 Å². The number of ether oxygens (including phenoxy) is 3. The molecule has 300 valence electrons. The Morgan fingerprint density at radius 2 is 1.38 bits per heavy atom. The highest BCUT2D eigenvalue weighted by Crippen LogP contribution is 2.34. The molecule has 2 aromatic heterocycles. The van der Waals surface area contributed by atoms with Crippen LogP contribution >= 0.6 is 0 Å². The molecule has 16 heteroatoms. The second kappa shape index (κ2) is 18.3. The zero-order valence-electron chi connectivity index (χ0n) is 33.0. The standard InChI is InChI=1S/C40H52N8O8/c1-22(2)32(45-37(49)33(23(3)54-6)46-39(51)56-8)36-42-21-30(44-36)28-17-13-26(14-18-28)25-11-15-27(16-12-25)29-20-41-35(43-29)31-10-9-19-48(31)38(50)34(24(4)55-7)47(5)40(52)53/h11-18,20-24,31-34H,9-10,19H2,1-8H3,(H,41,43)(H,42,44)(H,45,49)(H,46,51)(H,52,53)/t23-,24-,31+,32+,33+,34+/m1/s1. The molecule has 0 spiro atoms. The highest BCUT2D eigenvalue weighted by molar-refractivity contribution is 5.87. The smallest absolute Gasteiger partial charge is 0.407 e. The molecule has 1 saturated heterocycles. The summed E-state index contributed by atoms with van der Waals surface area (Å²) in [5, 5.41) is 15.2. The zero-order chi connectivity index (χ0) is 40.7. The predicted molar refractivity (Wildman–Crippen MR) is 208 cm³/mol. The maximum absolute atomic E-state index is 13.7. The number of hydrogen-bond donors (Lipinski definition) is 5. The number of likely N-dealkylation sites (tertiary alicyclic amines) is 1. The van der Waals surface area contributed by atoms with Crippen molar-refractivity contribution in [2.24, 2.45) is 5.92 Å². The van der Waals surface area contributed by atoms with Crippen LogP contribution in [-0.4, -0.2) is 118 Å². The molecule has 2 aromatic carbocycles. The minimum absolute atomic E-state index is 0.0231. The number of nitrogens with zero attached hydrogens (tertiary/aromatic N) is 4. The fraction of sp³-hybridized carbons (Fsp3) is 0.450. The van der Waals surface area contributed by atoms with E-state index in [1.165, 1.54) is 28.4 Å². The summed E-state index contributed by atoms with van der Waals surface area (Å²) in [7, 11) is 5.54. The number of aromatic amines is 2. The van der Waals surface area contributed by atoms with Gasteiger partial charge in [0.2, 0.25) is 11.8 Å². The van der Waals surface area contributed by atoms with Crippen LogP contribution in [0, 0.1) is 5.92 Å². The lowest BCUT2D eigenvalue weighted by Crippen LogP contribution is -2.54. The van der Waals surface area contributed by atoms with E-state index in [0.717, 1.165) is 39.3 Å². The zero-order valence-corrected chi connectivity index (χ0v) is 33.0. The average Bonchev–Trinajstić information content (AvgIpc) is 4.00. The van der Waals surface area contributed by atoms with Gasteiger partial charge >= 0.3 is 12.2 Å². The van der Waals surface area contributed by atoms with E-state index in [1.54, 1.807) is 24.9 Å². The van der Waals surface area contributed by atoms with Crippen LogP contribution in [0.5, 0.6) is 0 Å². The predicted octanol–water partition coefficient (Wildman–Crippen LogP) is 5.38. The normalized spacial score (nSPS) is 16.8. The summed E-state index contributed by atoms with van der Waals surface area (Å²) in [6, 6.07) is 13.3. The van der Waals surface area contributed by atoms with Crippen molar-refractivity contribution in [3.8, 4) is 33.6 Å². The lowest BCUT2D eigenvalue weighted by atomic mass is 10.0. The van der Waals surface area contributed by atoms with Crippen LogP contribution in [0.25, 0.3) is 33.6 Å². The van der Waals surface area contributed by atoms with Crippen molar-refractivity contribution < 1.29 is 38.5 Å². The first kappa shape index (κ1) is 41.4. The van der Waals surface area contributed by atoms with Gasteiger partial charge in [0.15, 0.2) is 0 Å². The van der Waals surface area contributed by atoms with Gasteiger partial charge in [-0.1, -0.05) is 62.4 Å². The molecule has 0 saturated carbocycles. The number of carbonyl (C=O) groups is 4. The molecule has 4 amide bonds. The molecule has 0 unspecified atom stereocenters. The van der Waals surface area contributed by atoms with Crippen LogP contribution in [0.3, 0.4) is 0 Å². The fourth-order valence-electron chi connectivity index (χ4n) is 6.89. The van der Waals surface area contributed by atoms with E-state index in [0.29, 0.717) is 30.3 Å². The Morgan fingerprint density at radius 1 is 0.821 bits per heavy atom. The molecule has 16 nitrogen and oxygen atoms in total. The molecule has 5 rings (SSSR count). The lowest BCUT2D eigenvalue weighted by Gasteiger charge is -2.34. The van der Waals surface area contributed by atoms with Gasteiger partial charge in [-0.05, 0) is 43.7 Å². The van der Waals surface area contributed by atoms with Gasteiger partial charge in [-0.3, -0.25) is 14.5 Å². The van der Waals surface area contributed by atoms with Gasteiger partial charge in [-0.15, -0.1) is 0 Å². The number of aromatic nitrogens is 4. The second-order valence-electron chi connectivity index (χ2n) is 14.3. The highest BCUT2D eigenvalue weighted by Gasteiger charge is 2.41. The first-order valence-corrected chi connectivity index (χ1v) is 18.6. The van der Waals surface area contributed by atoms with Crippen LogP contribution in [0.15, 0.2) is 60.9 Å². The molecule has 6 atom stereocenters. The summed E-state index contributed by atoms with van der Waals surface area (Å²) in [5.41, 5.74) is 5.26. The van der Waals surface area contributed by atoms with Gasteiger partial charge in [0.05, 0.1) is 42.8 Å². The topological polar surface area (TPSA) is 204 Å². The number of carbonyl (C=O) groups excluding carboxylic acids is 3. The Labute approximate surface area is 326 Å². The minimum atomic E-state index is -1.20. The van der Waals surface area contributed by atoms with E-state index < -0.39 is 48.4 Å². The summed E-state index contributed by atoms with van der Waals surface area (Å²) in [6.45, 7) is 7.81. The summed E-state index contributed by atoms with van der Waals surface area (Å²) in [6.07, 6.45) is 1.94. The van der Waals surface area contributed by atoms with Crippen LogP contribution in [0.2, 0.25) is 0 Å². The monoisotopic (exact) mass is 772 g/mol. The molecule has 0 aliphatic carbocycles. The van der Waals surface area contributed by atoms with Gasteiger partial charge in [-0.2, -0.15) is 0 Å². The van der Waals surface area contributed by atoms with Crippen molar-refractivity contribution in [1.82, 2.24) is 40.4 Å². The van der Waals surface area contributed by atoms with E-state index >= 15 is 0 Å². The molecule has 1 fully saturated rings. The molecule has 5 N–H and O–H groups in total. The van der Waals surface area contributed by atoms with Gasteiger partial charge in [0.25, 0.3) is 0 Å². The third-order valence-electron chi connectivity index (χ3n) is 10.4. The fourth-order valence-corrected chi connectivity index (χ4v) is 6.89. The summed E-state index contributed by atoms with van der Waals surface area (Å²) in [4.78, 5) is 69.4. The van der Waals surface area contributed by atoms with Crippen LogP contribution < -0.4 is 10.6 Å². The second-order valence-corrected chi connectivity index (χ2v) is 14.3. The number of amides is 4. The van der Waals surface area contributed by atoms with E-state index in [-0.39, 0.29) is 17.9 Å². The Hall–Kier alpha value is -5.74. The van der Waals surface area contributed by atoms with Crippen molar-refractivity contribution in [2.75, 3.05) is 34.9 Å². The number of alkyl carbamates (subject to hydrolysis) is 1. The number of likely N-dealkylation sites (N-methyl/N-ethyl adjacent to an activating group) is 1. The lowest BCUT2D eigenvalue weighted by molar-refractivity contribution is -0.141. The van der Waals surface area contributed by atoms with Crippen molar-refractivity contribution in [2.45, 2.75) is 76.9 Å². The van der Waals surface area contributed by atoms with Gasteiger partial charge in [-0.25, -0.2) is 19.6 Å². The number of benzene rings is 2. The summed E-state index contributed by atoms with van der Waals surface area (Å²) < 4.78 is 15.4. The Morgan fingerprint density at radius 3 is 1.91 bits per heavy atom. The third kappa shape index (κ3) is 9.20. The maximum Gasteiger partial charge on any atom is 0.407 e. The molecule has 4 aromatic rings. The first-order valence-electron chi connectivity index (χ1n) is 18.6. The molecule has 3 heterocycles. The number of carboxylic acid groups (broad SMARTS) is 1. The Balaban J connectivity index is 1.26. The van der Waals surface area contributed by atoms with Crippen molar-refractivity contribution in [3.63, 3.8) is 0 Å². The maximum atomic E-state index is 13.7. The molecular weight excluding hydrogens is 720 g/mol. The quantitative estimate of drug-likeness (QED) is 0.104. The van der Waals surface area contributed by atoms with Gasteiger partial charge in [0.1, 0.15) is 23.7 Å². The number of rotatable bonds is 15. The molecule has 1 aliphatic heterocycles. The first-order chi connectivity index (χ1) is 26.8. The molecule has 0 radical (unpaired) electrons. The summed E-state index contributed by atoms with van der Waals surface area (Å²) >= 11 is 0. The minimum Gasteiger partial charge on any atom is -0.465 e. The average molecular weight is 773 g/mol. The van der Waals surface area contributed by atoms with Gasteiger partial charge < -0.3 is 44.8 Å². The Bertz CT molecular complexity index is 1960. The number of H-pyrrole nitrogens is 2. The number of hydrogen-bond acceptors (Lipinski definition) is 9.